The average molecular weight is 214 g/mol. The Morgan fingerprint density at radius 3 is 2.53 bits per heavy atom. The molecule has 0 spiro atoms. The van der Waals surface area contributed by atoms with Crippen LogP contribution >= 0.6 is 0 Å². The molecule has 1 amide bonds. The lowest BCUT2D eigenvalue weighted by Crippen LogP contribution is -2.55. The molecule has 4 heteroatoms. The van der Waals surface area contributed by atoms with Gasteiger partial charge >= 0.3 is 0 Å². The van der Waals surface area contributed by atoms with E-state index in [9.17, 15) is 4.79 Å². The lowest BCUT2D eigenvalue weighted by atomic mass is 9.62. The molecule has 0 aromatic heterocycles. The average Bonchev–Trinajstić information content (AvgIpc) is 2.20. The van der Waals surface area contributed by atoms with Crippen LogP contribution in [0, 0.1) is 11.3 Å². The molecule has 0 aromatic rings. The van der Waals surface area contributed by atoms with Crippen LogP contribution in [0.2, 0.25) is 0 Å². The van der Waals surface area contributed by atoms with E-state index < -0.39 is 0 Å². The summed E-state index contributed by atoms with van der Waals surface area (Å²) in [6.07, 6.45) is 1.79. The van der Waals surface area contributed by atoms with E-state index in [1.165, 1.54) is 0 Å². The predicted octanol–water partition coefficient (Wildman–Crippen LogP) is 0.202. The summed E-state index contributed by atoms with van der Waals surface area (Å²) in [6, 6.07) is 0. The molecule has 0 unspecified atom stereocenters. The fraction of sp³-hybridized carbons (Fsp3) is 0.909. The highest BCUT2D eigenvalue weighted by molar-refractivity contribution is 5.84. The van der Waals surface area contributed by atoms with Gasteiger partial charge in [-0.25, -0.2) is 0 Å². The standard InChI is InChI=1S/C11H22N2O2/c1-3-13(4-5-14)10(15)11(8-12)6-9(2)7-11/h9,14H,3-8,12H2,1-2H3. The molecule has 15 heavy (non-hydrogen) atoms. The zero-order valence-corrected chi connectivity index (χ0v) is 9.70. The van der Waals surface area contributed by atoms with Gasteiger partial charge in [0.25, 0.3) is 0 Å². The predicted molar refractivity (Wildman–Crippen MR) is 59.2 cm³/mol. The van der Waals surface area contributed by atoms with Gasteiger partial charge in [0, 0.05) is 19.6 Å². The summed E-state index contributed by atoms with van der Waals surface area (Å²) in [7, 11) is 0. The summed E-state index contributed by atoms with van der Waals surface area (Å²) in [6.45, 7) is 5.60. The number of amides is 1. The van der Waals surface area contributed by atoms with Crippen LogP contribution in [0.5, 0.6) is 0 Å². The topological polar surface area (TPSA) is 66.6 Å². The maximum atomic E-state index is 12.2. The van der Waals surface area contributed by atoms with Crippen LogP contribution in [0.4, 0.5) is 0 Å². The molecule has 0 atom stereocenters. The van der Waals surface area contributed by atoms with Gasteiger partial charge in [-0.1, -0.05) is 6.92 Å². The number of nitrogens with zero attached hydrogens (tertiary/aromatic N) is 1. The van der Waals surface area contributed by atoms with Crippen molar-refractivity contribution in [2.24, 2.45) is 17.1 Å². The normalized spacial score (nSPS) is 29.7. The Kier molecular flexibility index (Phi) is 4.11. The molecular formula is C11H22N2O2. The van der Waals surface area contributed by atoms with Gasteiger partial charge < -0.3 is 15.7 Å². The third kappa shape index (κ3) is 2.32. The second kappa shape index (κ2) is 4.94. The first-order valence-corrected chi connectivity index (χ1v) is 5.70. The van der Waals surface area contributed by atoms with E-state index in [0.717, 1.165) is 12.8 Å². The molecule has 4 nitrogen and oxygen atoms in total. The first-order valence-electron chi connectivity index (χ1n) is 5.70. The van der Waals surface area contributed by atoms with E-state index in [0.29, 0.717) is 25.6 Å². The summed E-state index contributed by atoms with van der Waals surface area (Å²) in [4.78, 5) is 13.9. The molecular weight excluding hydrogens is 192 g/mol. The molecule has 0 radical (unpaired) electrons. The molecule has 88 valence electrons. The molecule has 1 saturated carbocycles. The third-order valence-corrected chi connectivity index (χ3v) is 3.36. The number of hydrogen-bond acceptors (Lipinski definition) is 3. The van der Waals surface area contributed by atoms with E-state index in [1.807, 2.05) is 6.92 Å². The van der Waals surface area contributed by atoms with Crippen LogP contribution in [0.15, 0.2) is 0 Å². The Morgan fingerprint density at radius 1 is 1.60 bits per heavy atom. The number of carbonyl (C=O) groups is 1. The molecule has 1 aliphatic carbocycles. The van der Waals surface area contributed by atoms with Crippen molar-refractivity contribution in [3.8, 4) is 0 Å². The molecule has 1 fully saturated rings. The summed E-state index contributed by atoms with van der Waals surface area (Å²) < 4.78 is 0. The first-order chi connectivity index (χ1) is 7.09. The fourth-order valence-electron chi connectivity index (χ4n) is 2.56. The molecule has 3 N–H and O–H groups in total. The zero-order chi connectivity index (χ0) is 11.5. The maximum Gasteiger partial charge on any atom is 0.230 e. The highest BCUT2D eigenvalue weighted by Crippen LogP contribution is 2.45. The van der Waals surface area contributed by atoms with Gasteiger partial charge in [-0.05, 0) is 25.7 Å². The van der Waals surface area contributed by atoms with Crippen LogP contribution in [-0.2, 0) is 4.79 Å². The molecule has 1 aliphatic rings. The molecule has 0 aliphatic heterocycles. The number of aliphatic hydroxyl groups is 1. The van der Waals surface area contributed by atoms with E-state index in [2.05, 4.69) is 6.92 Å². The van der Waals surface area contributed by atoms with E-state index in [1.54, 1.807) is 4.90 Å². The molecule has 0 bridgehead atoms. The van der Waals surface area contributed by atoms with Crippen LogP contribution in [0.25, 0.3) is 0 Å². The van der Waals surface area contributed by atoms with Crippen molar-refractivity contribution in [1.29, 1.82) is 0 Å². The Balaban J connectivity index is 2.64. The van der Waals surface area contributed by atoms with E-state index in [-0.39, 0.29) is 17.9 Å². The minimum atomic E-state index is -0.329. The number of likely N-dealkylation sites (N-methyl/N-ethyl adjacent to an activating group) is 1. The smallest absolute Gasteiger partial charge is 0.230 e. The minimum absolute atomic E-state index is 0.0236. The van der Waals surface area contributed by atoms with Crippen LogP contribution in [0.1, 0.15) is 26.7 Å². The Labute approximate surface area is 91.4 Å². The lowest BCUT2D eigenvalue weighted by Gasteiger charge is -2.46. The second-order valence-electron chi connectivity index (χ2n) is 4.61. The zero-order valence-electron chi connectivity index (χ0n) is 9.70. The van der Waals surface area contributed by atoms with Gasteiger partial charge in [0.05, 0.1) is 12.0 Å². The molecule has 0 aromatic carbocycles. The lowest BCUT2D eigenvalue weighted by molar-refractivity contribution is -0.150. The van der Waals surface area contributed by atoms with Crippen molar-refractivity contribution in [3.63, 3.8) is 0 Å². The summed E-state index contributed by atoms with van der Waals surface area (Å²) >= 11 is 0. The van der Waals surface area contributed by atoms with E-state index >= 15 is 0 Å². The highest BCUT2D eigenvalue weighted by Gasteiger charge is 2.48. The first kappa shape index (κ1) is 12.5. The van der Waals surface area contributed by atoms with E-state index in [4.69, 9.17) is 10.8 Å². The number of rotatable bonds is 5. The minimum Gasteiger partial charge on any atom is -0.395 e. The van der Waals surface area contributed by atoms with Crippen LogP contribution in [0.3, 0.4) is 0 Å². The quantitative estimate of drug-likeness (QED) is 0.687. The van der Waals surface area contributed by atoms with Crippen molar-refractivity contribution in [2.45, 2.75) is 26.7 Å². The summed E-state index contributed by atoms with van der Waals surface area (Å²) in [5.41, 5.74) is 5.38. The van der Waals surface area contributed by atoms with Crippen molar-refractivity contribution in [3.05, 3.63) is 0 Å². The number of hydrogen-bond donors (Lipinski definition) is 2. The van der Waals surface area contributed by atoms with Gasteiger partial charge in [0.1, 0.15) is 0 Å². The summed E-state index contributed by atoms with van der Waals surface area (Å²) in [5.74, 6) is 0.727. The maximum absolute atomic E-state index is 12.2. The number of nitrogens with two attached hydrogens (primary N) is 1. The molecule has 1 rings (SSSR count). The Hall–Kier alpha value is -0.610. The second-order valence-corrected chi connectivity index (χ2v) is 4.61. The van der Waals surface area contributed by atoms with Gasteiger partial charge in [-0.3, -0.25) is 4.79 Å². The van der Waals surface area contributed by atoms with Crippen molar-refractivity contribution < 1.29 is 9.90 Å². The van der Waals surface area contributed by atoms with Gasteiger partial charge in [0.15, 0.2) is 0 Å². The molecule has 0 heterocycles. The van der Waals surface area contributed by atoms with Crippen molar-refractivity contribution >= 4 is 5.91 Å². The van der Waals surface area contributed by atoms with Gasteiger partial charge in [-0.15, -0.1) is 0 Å². The largest absolute Gasteiger partial charge is 0.395 e. The highest BCUT2D eigenvalue weighted by atomic mass is 16.3. The Morgan fingerprint density at radius 2 is 2.20 bits per heavy atom. The molecule has 0 saturated heterocycles. The van der Waals surface area contributed by atoms with Crippen LogP contribution in [-0.4, -0.2) is 42.2 Å². The van der Waals surface area contributed by atoms with Crippen molar-refractivity contribution in [1.82, 2.24) is 4.90 Å². The number of carbonyl (C=O) groups excluding carboxylic acids is 1. The van der Waals surface area contributed by atoms with Gasteiger partial charge in [0.2, 0.25) is 5.91 Å². The number of aliphatic hydroxyl groups excluding tert-OH is 1. The Bertz CT molecular complexity index is 225. The fourth-order valence-corrected chi connectivity index (χ4v) is 2.56. The monoisotopic (exact) mass is 214 g/mol. The summed E-state index contributed by atoms with van der Waals surface area (Å²) in [5, 5.41) is 8.87. The third-order valence-electron chi connectivity index (χ3n) is 3.36. The van der Waals surface area contributed by atoms with Gasteiger partial charge in [-0.2, -0.15) is 0 Å². The van der Waals surface area contributed by atoms with Crippen molar-refractivity contribution in [2.75, 3.05) is 26.2 Å². The van der Waals surface area contributed by atoms with Crippen LogP contribution < -0.4 is 5.73 Å². The SMILES string of the molecule is CCN(CCO)C(=O)C1(CN)CC(C)C1.